The molecule has 0 saturated carbocycles. The van der Waals surface area contributed by atoms with E-state index in [0.717, 1.165) is 36.0 Å². The number of ether oxygens (including phenoxy) is 1. The number of nitrogens with zero attached hydrogens (tertiary/aromatic N) is 3. The lowest BCUT2D eigenvalue weighted by Gasteiger charge is -2.35. The first kappa shape index (κ1) is 18.2. The van der Waals surface area contributed by atoms with Gasteiger partial charge in [-0.25, -0.2) is 14.4 Å². The Morgan fingerprint density at radius 3 is 2.74 bits per heavy atom. The van der Waals surface area contributed by atoms with Gasteiger partial charge in [-0.3, -0.25) is 4.90 Å². The van der Waals surface area contributed by atoms with Gasteiger partial charge in [-0.1, -0.05) is 18.6 Å². The molecule has 0 aromatic heterocycles. The van der Waals surface area contributed by atoms with Gasteiger partial charge < -0.3 is 4.74 Å². The molecule has 6 heteroatoms. The second-order valence-corrected chi connectivity index (χ2v) is 7.39. The Balaban J connectivity index is 1.34. The standard InChI is InChI=1S/C21H22FN3OS/c22-16-6-4-15(5-7-16)13-17-3-1-2-10-25(17)11-12-26-18-8-9-19-20(14-18)24-21(27)23-19/h4-9,14,17H,1-3,10-13H2. The summed E-state index contributed by atoms with van der Waals surface area (Å²) in [5.41, 5.74) is 1.19. The minimum atomic E-state index is -0.178. The predicted molar refractivity (Wildman–Crippen MR) is 106 cm³/mol. The van der Waals surface area contributed by atoms with Crippen LogP contribution in [0.4, 0.5) is 4.39 Å². The number of rotatable bonds is 6. The maximum Gasteiger partial charge on any atom is 0.220 e. The predicted octanol–water partition coefficient (Wildman–Crippen LogP) is 2.84. The van der Waals surface area contributed by atoms with Gasteiger partial charge in [0.25, 0.3) is 0 Å². The molecule has 0 N–H and O–H groups in total. The highest BCUT2D eigenvalue weighted by atomic mass is 32.1. The quantitative estimate of drug-likeness (QED) is 0.720. The lowest BCUT2D eigenvalue weighted by molar-refractivity contribution is 0.122. The van der Waals surface area contributed by atoms with E-state index in [4.69, 9.17) is 17.0 Å². The fourth-order valence-corrected chi connectivity index (χ4v) is 3.96. The Kier molecular flexibility index (Phi) is 5.55. The summed E-state index contributed by atoms with van der Waals surface area (Å²) < 4.78 is 19.1. The van der Waals surface area contributed by atoms with Crippen LogP contribution in [0.1, 0.15) is 24.8 Å². The lowest BCUT2D eigenvalue weighted by Crippen LogP contribution is -2.43. The maximum absolute atomic E-state index is 13.1. The number of hydrogen-bond donors (Lipinski definition) is 0. The van der Waals surface area contributed by atoms with Crippen molar-refractivity contribution in [2.45, 2.75) is 31.7 Å². The molecular weight excluding hydrogens is 361 g/mol. The van der Waals surface area contributed by atoms with Crippen molar-refractivity contribution < 1.29 is 9.13 Å². The minimum absolute atomic E-state index is 0.178. The van der Waals surface area contributed by atoms with Crippen LogP contribution in [0.15, 0.2) is 52.4 Å². The molecule has 0 bridgehead atoms. The van der Waals surface area contributed by atoms with E-state index in [1.165, 1.54) is 24.8 Å². The molecule has 2 aliphatic rings. The van der Waals surface area contributed by atoms with Crippen LogP contribution in [0.2, 0.25) is 0 Å². The summed E-state index contributed by atoms with van der Waals surface area (Å²) in [7, 11) is 0. The normalized spacial score (nSPS) is 19.3. The molecule has 2 aliphatic heterocycles. The van der Waals surface area contributed by atoms with E-state index in [9.17, 15) is 4.39 Å². The molecule has 0 aliphatic carbocycles. The lowest BCUT2D eigenvalue weighted by atomic mass is 9.95. The van der Waals surface area contributed by atoms with Crippen LogP contribution in [0.3, 0.4) is 0 Å². The number of likely N-dealkylation sites (tertiary alicyclic amines) is 1. The number of fused-ring (bicyclic) bond motifs is 1. The highest BCUT2D eigenvalue weighted by Crippen LogP contribution is 2.21. The van der Waals surface area contributed by atoms with Crippen molar-refractivity contribution in [3.05, 3.63) is 64.6 Å². The Labute approximate surface area is 163 Å². The highest BCUT2D eigenvalue weighted by molar-refractivity contribution is 7.80. The summed E-state index contributed by atoms with van der Waals surface area (Å²) in [6, 6.07) is 13.1. The van der Waals surface area contributed by atoms with E-state index in [-0.39, 0.29) is 5.82 Å². The number of thiocarbonyl (C=S) groups is 1. The summed E-state index contributed by atoms with van der Waals surface area (Å²) in [5.74, 6) is 0.617. The van der Waals surface area contributed by atoms with E-state index in [2.05, 4.69) is 14.9 Å². The van der Waals surface area contributed by atoms with Crippen molar-refractivity contribution in [1.82, 2.24) is 4.90 Å². The molecule has 0 radical (unpaired) electrons. The molecule has 27 heavy (non-hydrogen) atoms. The van der Waals surface area contributed by atoms with E-state index in [0.29, 0.717) is 17.8 Å². The number of piperidine rings is 1. The molecule has 4 nitrogen and oxygen atoms in total. The fourth-order valence-electron chi connectivity index (χ4n) is 3.77. The topological polar surface area (TPSA) is 37.2 Å². The van der Waals surface area contributed by atoms with Crippen LogP contribution in [0, 0.1) is 5.82 Å². The molecule has 0 spiro atoms. The van der Waals surface area contributed by atoms with Gasteiger partial charge in [-0.05, 0) is 67.9 Å². The first-order chi connectivity index (χ1) is 13.2. The van der Waals surface area contributed by atoms with Gasteiger partial charge in [0.05, 0.1) is 10.7 Å². The Hall–Kier alpha value is -2.18. The smallest absolute Gasteiger partial charge is 0.220 e. The van der Waals surface area contributed by atoms with Crippen LogP contribution < -0.4 is 15.5 Å². The molecule has 1 unspecified atom stereocenters. The Morgan fingerprint density at radius 1 is 1.07 bits per heavy atom. The van der Waals surface area contributed by atoms with E-state index in [1.54, 1.807) is 12.1 Å². The third-order valence-corrected chi connectivity index (χ3v) is 5.34. The van der Waals surface area contributed by atoms with Gasteiger partial charge in [-0.15, -0.1) is 0 Å². The van der Waals surface area contributed by atoms with Gasteiger partial charge in [0.1, 0.15) is 18.2 Å². The number of halogens is 1. The van der Waals surface area contributed by atoms with Crippen LogP contribution in [0.25, 0.3) is 0 Å². The fraction of sp³-hybridized carbons (Fsp3) is 0.381. The summed E-state index contributed by atoms with van der Waals surface area (Å²) in [6.45, 7) is 2.59. The van der Waals surface area contributed by atoms with E-state index < -0.39 is 0 Å². The zero-order valence-corrected chi connectivity index (χ0v) is 15.9. The summed E-state index contributed by atoms with van der Waals surface area (Å²) in [5, 5.41) is 1.96. The molecule has 0 amide bonds. The van der Waals surface area contributed by atoms with Crippen molar-refractivity contribution >= 4 is 17.3 Å². The van der Waals surface area contributed by atoms with Crippen LogP contribution >= 0.6 is 12.2 Å². The molecule has 2 heterocycles. The highest BCUT2D eigenvalue weighted by Gasteiger charge is 2.22. The zero-order valence-electron chi connectivity index (χ0n) is 15.1. The van der Waals surface area contributed by atoms with Crippen molar-refractivity contribution in [2.75, 3.05) is 19.7 Å². The maximum atomic E-state index is 13.1. The van der Waals surface area contributed by atoms with Crippen LogP contribution in [0.5, 0.6) is 5.75 Å². The minimum Gasteiger partial charge on any atom is -0.492 e. The van der Waals surface area contributed by atoms with Gasteiger partial charge in [-0.2, -0.15) is 0 Å². The van der Waals surface area contributed by atoms with E-state index >= 15 is 0 Å². The van der Waals surface area contributed by atoms with Crippen LogP contribution in [-0.2, 0) is 6.42 Å². The van der Waals surface area contributed by atoms with Crippen molar-refractivity contribution in [1.29, 1.82) is 0 Å². The molecule has 1 fully saturated rings. The van der Waals surface area contributed by atoms with Gasteiger partial charge in [0.15, 0.2) is 0 Å². The average Bonchev–Trinajstić information content (AvgIpc) is 3.04. The second kappa shape index (κ2) is 8.23. The molecule has 1 atom stereocenters. The molecule has 1 saturated heterocycles. The van der Waals surface area contributed by atoms with Gasteiger partial charge in [0, 0.05) is 18.7 Å². The van der Waals surface area contributed by atoms with Gasteiger partial charge >= 0.3 is 0 Å². The van der Waals surface area contributed by atoms with E-state index in [1.807, 2.05) is 30.3 Å². The molecule has 2 aromatic carbocycles. The monoisotopic (exact) mass is 383 g/mol. The summed E-state index contributed by atoms with van der Waals surface area (Å²) >= 11 is 5.01. The number of benzene rings is 2. The first-order valence-electron chi connectivity index (χ1n) is 9.40. The third kappa shape index (κ3) is 4.57. The Bertz CT molecular complexity index is 945. The summed E-state index contributed by atoms with van der Waals surface area (Å²) in [6.07, 6.45) is 4.60. The van der Waals surface area contributed by atoms with Crippen LogP contribution in [-0.4, -0.2) is 35.8 Å². The average molecular weight is 383 g/mol. The molecule has 140 valence electrons. The Morgan fingerprint density at radius 2 is 1.89 bits per heavy atom. The largest absolute Gasteiger partial charge is 0.492 e. The molecule has 4 rings (SSSR count). The summed E-state index contributed by atoms with van der Waals surface area (Å²) in [4.78, 5) is 10.9. The molecule has 2 aromatic rings. The SMILES string of the molecule is Fc1ccc(CC2CCCCN2CCOc2ccc3c(c2)=NC(=S)N=3)cc1. The van der Waals surface area contributed by atoms with Crippen molar-refractivity contribution in [2.24, 2.45) is 9.98 Å². The first-order valence-corrected chi connectivity index (χ1v) is 9.81. The van der Waals surface area contributed by atoms with Crippen molar-refractivity contribution in [3.63, 3.8) is 0 Å². The van der Waals surface area contributed by atoms with Crippen molar-refractivity contribution in [3.8, 4) is 5.75 Å². The number of hydrogen-bond acceptors (Lipinski definition) is 3. The zero-order chi connectivity index (χ0) is 18.6. The second-order valence-electron chi connectivity index (χ2n) is 7.02. The molecular formula is C21H22FN3OS. The third-order valence-electron chi connectivity index (χ3n) is 5.16. The van der Waals surface area contributed by atoms with Gasteiger partial charge in [0.2, 0.25) is 5.11 Å².